The van der Waals surface area contributed by atoms with Crippen LogP contribution in [-0.4, -0.2) is 37.7 Å². The molecule has 9 heteroatoms. The minimum Gasteiger partial charge on any atom is -0.340 e. The second-order valence-corrected chi connectivity index (χ2v) is 8.64. The molecule has 0 atom stereocenters. The van der Waals surface area contributed by atoms with E-state index in [-0.39, 0.29) is 5.69 Å². The van der Waals surface area contributed by atoms with Crippen LogP contribution in [0.15, 0.2) is 89.8 Å². The maximum absolute atomic E-state index is 13.4. The van der Waals surface area contributed by atoms with E-state index in [1.54, 1.807) is 25.2 Å². The number of rotatable bonds is 8. The molecule has 0 heterocycles. The first-order valence-corrected chi connectivity index (χ1v) is 10.8. The van der Waals surface area contributed by atoms with Crippen molar-refractivity contribution < 1.29 is 18.1 Å². The van der Waals surface area contributed by atoms with Gasteiger partial charge in [0.05, 0.1) is 10.6 Å². The van der Waals surface area contributed by atoms with Crippen LogP contribution in [-0.2, 0) is 21.4 Å². The summed E-state index contributed by atoms with van der Waals surface area (Å²) in [5, 5.41) is 11.4. The number of nitro benzene ring substituents is 1. The zero-order chi connectivity index (χ0) is 22.4. The number of hydrogen-bond donors (Lipinski definition) is 0. The van der Waals surface area contributed by atoms with Crippen molar-refractivity contribution in [2.45, 2.75) is 11.4 Å². The predicted octanol–water partition coefficient (Wildman–Crippen LogP) is 3.45. The van der Waals surface area contributed by atoms with E-state index in [0.29, 0.717) is 6.54 Å². The SMILES string of the molecule is CN(Cc1ccccc1)C(=O)CN(c1ccccc1)S(=O)(=O)c1ccccc1[N+](=O)[O-]. The third kappa shape index (κ3) is 5.07. The highest BCUT2D eigenvalue weighted by Crippen LogP contribution is 2.29. The van der Waals surface area contributed by atoms with Crippen molar-refractivity contribution in [2.24, 2.45) is 0 Å². The monoisotopic (exact) mass is 439 g/mol. The molecule has 0 saturated carbocycles. The van der Waals surface area contributed by atoms with Crippen molar-refractivity contribution in [3.63, 3.8) is 0 Å². The predicted molar refractivity (Wildman–Crippen MR) is 117 cm³/mol. The fourth-order valence-electron chi connectivity index (χ4n) is 3.04. The van der Waals surface area contributed by atoms with E-state index < -0.39 is 38.0 Å². The number of nitrogens with zero attached hydrogens (tertiary/aromatic N) is 3. The van der Waals surface area contributed by atoms with Gasteiger partial charge in [-0.05, 0) is 23.8 Å². The van der Waals surface area contributed by atoms with Crippen molar-refractivity contribution in [1.82, 2.24) is 4.90 Å². The topological polar surface area (TPSA) is 101 Å². The molecular formula is C22H21N3O5S. The van der Waals surface area contributed by atoms with E-state index >= 15 is 0 Å². The van der Waals surface area contributed by atoms with Crippen LogP contribution >= 0.6 is 0 Å². The van der Waals surface area contributed by atoms with E-state index in [9.17, 15) is 23.3 Å². The maximum Gasteiger partial charge on any atom is 0.289 e. The molecule has 3 rings (SSSR count). The Morgan fingerprint density at radius 2 is 1.45 bits per heavy atom. The van der Waals surface area contributed by atoms with Crippen LogP contribution in [0.25, 0.3) is 0 Å². The van der Waals surface area contributed by atoms with Gasteiger partial charge in [-0.2, -0.15) is 0 Å². The lowest BCUT2D eigenvalue weighted by Crippen LogP contribution is -2.41. The molecule has 0 aliphatic rings. The van der Waals surface area contributed by atoms with Crippen molar-refractivity contribution in [2.75, 3.05) is 17.9 Å². The van der Waals surface area contributed by atoms with Gasteiger partial charge in [0, 0.05) is 19.7 Å². The van der Waals surface area contributed by atoms with E-state index in [1.165, 1.54) is 35.2 Å². The summed E-state index contributed by atoms with van der Waals surface area (Å²) in [7, 11) is -2.81. The summed E-state index contributed by atoms with van der Waals surface area (Å²) in [5.74, 6) is -0.449. The van der Waals surface area contributed by atoms with Crippen molar-refractivity contribution in [3.8, 4) is 0 Å². The van der Waals surface area contributed by atoms with Gasteiger partial charge in [0.25, 0.3) is 15.7 Å². The van der Waals surface area contributed by atoms with Crippen LogP contribution in [0.1, 0.15) is 5.56 Å². The van der Waals surface area contributed by atoms with Gasteiger partial charge in [0.1, 0.15) is 6.54 Å². The fourth-order valence-corrected chi connectivity index (χ4v) is 4.62. The zero-order valence-electron chi connectivity index (χ0n) is 16.8. The van der Waals surface area contributed by atoms with Crippen LogP contribution in [0, 0.1) is 10.1 Å². The van der Waals surface area contributed by atoms with Gasteiger partial charge in [-0.3, -0.25) is 19.2 Å². The number of likely N-dealkylation sites (N-methyl/N-ethyl adjacent to an activating group) is 1. The van der Waals surface area contributed by atoms with Gasteiger partial charge < -0.3 is 4.90 Å². The normalized spacial score (nSPS) is 11.0. The number of carbonyl (C=O) groups excluding carboxylic acids is 1. The molecule has 8 nitrogen and oxygen atoms in total. The summed E-state index contributed by atoms with van der Waals surface area (Å²) < 4.78 is 27.8. The Balaban J connectivity index is 1.96. The summed E-state index contributed by atoms with van der Waals surface area (Å²) in [4.78, 5) is 24.5. The van der Waals surface area contributed by atoms with Crippen LogP contribution in [0.3, 0.4) is 0 Å². The highest BCUT2D eigenvalue weighted by molar-refractivity contribution is 7.93. The van der Waals surface area contributed by atoms with Crippen molar-refractivity contribution in [3.05, 3.63) is 101 Å². The molecule has 0 radical (unpaired) electrons. The number of carbonyl (C=O) groups is 1. The lowest BCUT2D eigenvalue weighted by atomic mass is 10.2. The van der Waals surface area contributed by atoms with E-state index in [1.807, 2.05) is 30.3 Å². The fraction of sp³-hybridized carbons (Fsp3) is 0.136. The lowest BCUT2D eigenvalue weighted by Gasteiger charge is -2.26. The summed E-state index contributed by atoms with van der Waals surface area (Å²) >= 11 is 0. The number of nitro groups is 1. The summed E-state index contributed by atoms with van der Waals surface area (Å²) in [5.41, 5.74) is 0.585. The quantitative estimate of drug-likeness (QED) is 0.395. The van der Waals surface area contributed by atoms with Crippen LogP contribution in [0.5, 0.6) is 0 Å². The Morgan fingerprint density at radius 3 is 2.06 bits per heavy atom. The number of amides is 1. The first kappa shape index (κ1) is 22.0. The summed E-state index contributed by atoms with van der Waals surface area (Å²) in [6.45, 7) is -0.199. The van der Waals surface area contributed by atoms with Crippen molar-refractivity contribution in [1.29, 1.82) is 0 Å². The van der Waals surface area contributed by atoms with E-state index in [2.05, 4.69) is 0 Å². The first-order chi connectivity index (χ1) is 14.8. The smallest absolute Gasteiger partial charge is 0.289 e. The van der Waals surface area contributed by atoms with Gasteiger partial charge in [-0.15, -0.1) is 0 Å². The Labute approximate surface area is 180 Å². The number of para-hydroxylation sites is 2. The maximum atomic E-state index is 13.4. The second kappa shape index (κ2) is 9.40. The molecule has 0 aromatic heterocycles. The van der Waals surface area contributed by atoms with Crippen LogP contribution in [0.2, 0.25) is 0 Å². The average Bonchev–Trinajstić information content (AvgIpc) is 2.78. The Bertz CT molecular complexity index is 1170. The molecule has 3 aromatic carbocycles. The Morgan fingerprint density at radius 1 is 0.903 bits per heavy atom. The molecule has 31 heavy (non-hydrogen) atoms. The lowest BCUT2D eigenvalue weighted by molar-refractivity contribution is -0.387. The van der Waals surface area contributed by atoms with E-state index in [4.69, 9.17) is 0 Å². The van der Waals surface area contributed by atoms with Gasteiger partial charge in [-0.25, -0.2) is 8.42 Å². The molecule has 0 fully saturated rings. The number of benzene rings is 3. The highest BCUT2D eigenvalue weighted by Gasteiger charge is 2.33. The number of hydrogen-bond acceptors (Lipinski definition) is 5. The molecule has 0 bridgehead atoms. The number of anilines is 1. The van der Waals surface area contributed by atoms with Gasteiger partial charge >= 0.3 is 0 Å². The summed E-state index contributed by atoms with van der Waals surface area (Å²) in [6.07, 6.45) is 0. The molecule has 0 spiro atoms. The molecule has 0 saturated heterocycles. The Hall–Kier alpha value is -3.72. The second-order valence-electron chi connectivity index (χ2n) is 6.81. The molecule has 0 unspecified atom stereocenters. The minimum atomic E-state index is -4.39. The zero-order valence-corrected chi connectivity index (χ0v) is 17.6. The molecule has 1 amide bonds. The molecule has 0 N–H and O–H groups in total. The van der Waals surface area contributed by atoms with Crippen LogP contribution in [0.4, 0.5) is 11.4 Å². The highest BCUT2D eigenvalue weighted by atomic mass is 32.2. The largest absolute Gasteiger partial charge is 0.340 e. The number of sulfonamides is 1. The molecule has 0 aliphatic carbocycles. The summed E-state index contributed by atoms with van der Waals surface area (Å²) in [6, 6.07) is 22.4. The van der Waals surface area contributed by atoms with Crippen LogP contribution < -0.4 is 4.31 Å². The third-order valence-electron chi connectivity index (χ3n) is 4.64. The minimum absolute atomic E-state index is 0.238. The van der Waals surface area contributed by atoms with Gasteiger partial charge in [0.2, 0.25) is 5.91 Å². The van der Waals surface area contributed by atoms with E-state index in [0.717, 1.165) is 15.9 Å². The average molecular weight is 439 g/mol. The molecular weight excluding hydrogens is 418 g/mol. The molecule has 3 aromatic rings. The third-order valence-corrected chi connectivity index (χ3v) is 6.46. The van der Waals surface area contributed by atoms with Gasteiger partial charge in [0.15, 0.2) is 4.90 Å². The standard InChI is InChI=1S/C22H21N3O5S/c1-23(16-18-10-4-2-5-11-18)22(26)17-24(19-12-6-3-7-13-19)31(29,30)21-15-9-8-14-20(21)25(27)28/h2-15H,16-17H2,1H3. The Kier molecular flexibility index (Phi) is 6.66. The molecule has 160 valence electrons. The van der Waals surface area contributed by atoms with Gasteiger partial charge in [-0.1, -0.05) is 60.7 Å². The first-order valence-electron chi connectivity index (χ1n) is 9.40. The molecule has 0 aliphatic heterocycles. The van der Waals surface area contributed by atoms with Crippen molar-refractivity contribution >= 4 is 27.3 Å².